The van der Waals surface area contributed by atoms with Crippen LogP contribution in [0, 0.1) is 6.92 Å². The standard InChI is InChI=1S/C19H26BrN7O/c1-4-21-18(24-13-16-14(2)6-5-7-22-16)26-8-10-27(11-9-26)19-23-12-15(20)17(25-19)28-3/h5-7,12H,4,8-11,13H2,1-3H3,(H,21,24). The zero-order chi connectivity index (χ0) is 19.9. The van der Waals surface area contributed by atoms with Gasteiger partial charge in [0.25, 0.3) is 0 Å². The van der Waals surface area contributed by atoms with Gasteiger partial charge in [-0.15, -0.1) is 0 Å². The minimum atomic E-state index is 0.549. The van der Waals surface area contributed by atoms with Gasteiger partial charge in [-0.1, -0.05) is 6.07 Å². The molecular weight excluding hydrogens is 422 g/mol. The fourth-order valence-electron chi connectivity index (χ4n) is 3.02. The summed E-state index contributed by atoms with van der Waals surface area (Å²) in [7, 11) is 1.61. The van der Waals surface area contributed by atoms with E-state index in [9.17, 15) is 0 Å². The maximum Gasteiger partial charge on any atom is 0.232 e. The molecule has 0 saturated carbocycles. The number of nitrogens with one attached hydrogen (secondary N) is 1. The zero-order valence-corrected chi connectivity index (χ0v) is 18.1. The Labute approximate surface area is 174 Å². The Balaban J connectivity index is 1.65. The smallest absolute Gasteiger partial charge is 0.232 e. The molecule has 2 aromatic rings. The Hall–Kier alpha value is -2.42. The number of nitrogens with zero attached hydrogens (tertiary/aromatic N) is 6. The van der Waals surface area contributed by atoms with Crippen molar-refractivity contribution in [1.82, 2.24) is 25.2 Å². The first-order valence-corrected chi connectivity index (χ1v) is 10.2. The van der Waals surface area contributed by atoms with Crippen LogP contribution in [0.2, 0.25) is 0 Å². The lowest BCUT2D eigenvalue weighted by atomic mass is 10.2. The predicted octanol–water partition coefficient (Wildman–Crippen LogP) is 2.24. The van der Waals surface area contributed by atoms with Gasteiger partial charge in [-0.3, -0.25) is 4.98 Å². The summed E-state index contributed by atoms with van der Waals surface area (Å²) in [4.78, 5) is 22.6. The lowest BCUT2D eigenvalue weighted by Gasteiger charge is -2.36. The number of aryl methyl sites for hydroxylation is 1. The number of pyridine rings is 1. The maximum absolute atomic E-state index is 5.28. The molecule has 28 heavy (non-hydrogen) atoms. The van der Waals surface area contributed by atoms with Crippen LogP contribution in [0.4, 0.5) is 5.95 Å². The second-order valence-electron chi connectivity index (χ2n) is 6.44. The minimum absolute atomic E-state index is 0.549. The van der Waals surface area contributed by atoms with Gasteiger partial charge in [0, 0.05) is 38.9 Å². The van der Waals surface area contributed by atoms with Gasteiger partial charge >= 0.3 is 0 Å². The molecular formula is C19H26BrN7O. The van der Waals surface area contributed by atoms with Gasteiger partial charge in [0.1, 0.15) is 0 Å². The highest BCUT2D eigenvalue weighted by Crippen LogP contribution is 2.23. The molecule has 3 heterocycles. The Morgan fingerprint density at radius 2 is 2.07 bits per heavy atom. The second-order valence-corrected chi connectivity index (χ2v) is 7.29. The lowest BCUT2D eigenvalue weighted by Crippen LogP contribution is -2.53. The van der Waals surface area contributed by atoms with E-state index in [1.807, 2.05) is 12.3 Å². The summed E-state index contributed by atoms with van der Waals surface area (Å²) >= 11 is 3.40. The van der Waals surface area contributed by atoms with Crippen LogP contribution in [0.25, 0.3) is 0 Å². The van der Waals surface area contributed by atoms with E-state index in [0.717, 1.165) is 54.4 Å². The molecule has 0 bridgehead atoms. The number of aromatic nitrogens is 3. The predicted molar refractivity (Wildman–Crippen MR) is 114 cm³/mol. The molecule has 0 spiro atoms. The quantitative estimate of drug-likeness (QED) is 0.555. The molecule has 0 unspecified atom stereocenters. The van der Waals surface area contributed by atoms with Crippen LogP contribution in [0.3, 0.4) is 0 Å². The van der Waals surface area contributed by atoms with Gasteiger partial charge in [-0.05, 0) is 41.4 Å². The first-order chi connectivity index (χ1) is 13.6. The van der Waals surface area contributed by atoms with Crippen molar-refractivity contribution in [3.63, 3.8) is 0 Å². The molecule has 2 aromatic heterocycles. The molecule has 1 fully saturated rings. The van der Waals surface area contributed by atoms with Gasteiger partial charge in [0.2, 0.25) is 11.8 Å². The fraction of sp³-hybridized carbons (Fsp3) is 0.474. The molecule has 1 saturated heterocycles. The van der Waals surface area contributed by atoms with E-state index in [-0.39, 0.29) is 0 Å². The highest BCUT2D eigenvalue weighted by Gasteiger charge is 2.22. The molecule has 0 amide bonds. The summed E-state index contributed by atoms with van der Waals surface area (Å²) < 4.78 is 6.03. The molecule has 8 nitrogen and oxygen atoms in total. The average molecular weight is 448 g/mol. The number of piperazine rings is 1. The third-order valence-corrected chi connectivity index (χ3v) is 5.13. The van der Waals surface area contributed by atoms with Crippen LogP contribution in [-0.2, 0) is 6.54 Å². The monoisotopic (exact) mass is 447 g/mol. The van der Waals surface area contributed by atoms with Gasteiger partial charge in [-0.2, -0.15) is 4.98 Å². The third-order valence-electron chi connectivity index (χ3n) is 4.59. The molecule has 1 aliphatic rings. The zero-order valence-electron chi connectivity index (χ0n) is 16.5. The van der Waals surface area contributed by atoms with Crippen molar-refractivity contribution in [3.05, 3.63) is 40.3 Å². The van der Waals surface area contributed by atoms with E-state index in [4.69, 9.17) is 9.73 Å². The highest BCUT2D eigenvalue weighted by molar-refractivity contribution is 9.10. The van der Waals surface area contributed by atoms with E-state index in [0.29, 0.717) is 18.4 Å². The van der Waals surface area contributed by atoms with Crippen molar-refractivity contribution in [2.24, 2.45) is 4.99 Å². The maximum atomic E-state index is 5.28. The second kappa shape index (κ2) is 9.68. The van der Waals surface area contributed by atoms with Gasteiger partial charge in [0.15, 0.2) is 5.96 Å². The number of hydrogen-bond acceptors (Lipinski definition) is 6. The minimum Gasteiger partial charge on any atom is -0.480 e. The summed E-state index contributed by atoms with van der Waals surface area (Å²) in [6, 6.07) is 4.02. The van der Waals surface area contributed by atoms with Crippen LogP contribution in [0.15, 0.2) is 34.0 Å². The Morgan fingerprint density at radius 3 is 2.75 bits per heavy atom. The number of aliphatic imine (C=N–C) groups is 1. The molecule has 150 valence electrons. The number of anilines is 1. The van der Waals surface area contributed by atoms with E-state index in [1.54, 1.807) is 13.3 Å². The van der Waals surface area contributed by atoms with Gasteiger partial charge in [0.05, 0.1) is 30.0 Å². The van der Waals surface area contributed by atoms with Crippen LogP contribution in [0.5, 0.6) is 5.88 Å². The van der Waals surface area contributed by atoms with Crippen LogP contribution >= 0.6 is 15.9 Å². The number of halogens is 1. The van der Waals surface area contributed by atoms with Crippen LogP contribution in [0.1, 0.15) is 18.2 Å². The number of guanidine groups is 1. The first-order valence-electron chi connectivity index (χ1n) is 9.37. The molecule has 0 radical (unpaired) electrons. The fourth-order valence-corrected chi connectivity index (χ4v) is 3.37. The summed E-state index contributed by atoms with van der Waals surface area (Å²) in [6.45, 7) is 8.87. The largest absolute Gasteiger partial charge is 0.480 e. The van der Waals surface area contributed by atoms with Crippen LogP contribution < -0.4 is 15.0 Å². The number of ether oxygens (including phenoxy) is 1. The summed E-state index contributed by atoms with van der Waals surface area (Å²) in [6.07, 6.45) is 3.55. The molecule has 1 aliphatic heterocycles. The molecule has 0 atom stereocenters. The van der Waals surface area contributed by atoms with E-state index >= 15 is 0 Å². The SMILES string of the molecule is CCNC(=NCc1ncccc1C)N1CCN(c2ncc(Br)c(OC)n2)CC1. The number of methoxy groups -OCH3 is 1. The highest BCUT2D eigenvalue weighted by atomic mass is 79.9. The Morgan fingerprint density at radius 1 is 1.29 bits per heavy atom. The molecule has 3 rings (SSSR count). The van der Waals surface area contributed by atoms with Crippen molar-refractivity contribution < 1.29 is 4.74 Å². The van der Waals surface area contributed by atoms with E-state index in [2.05, 4.69) is 65.9 Å². The van der Waals surface area contributed by atoms with Crippen molar-refractivity contribution in [2.45, 2.75) is 20.4 Å². The topological polar surface area (TPSA) is 78.8 Å². The van der Waals surface area contributed by atoms with E-state index in [1.165, 1.54) is 0 Å². The van der Waals surface area contributed by atoms with Crippen molar-refractivity contribution >= 4 is 27.8 Å². The van der Waals surface area contributed by atoms with Crippen LogP contribution in [-0.4, -0.2) is 65.6 Å². The molecule has 0 aliphatic carbocycles. The average Bonchev–Trinajstić information content (AvgIpc) is 2.73. The third kappa shape index (κ3) is 4.89. The number of rotatable bonds is 5. The number of hydrogen-bond donors (Lipinski definition) is 1. The Kier molecular flexibility index (Phi) is 7.02. The van der Waals surface area contributed by atoms with Crippen molar-refractivity contribution in [1.29, 1.82) is 0 Å². The molecule has 0 aromatic carbocycles. The van der Waals surface area contributed by atoms with E-state index < -0.39 is 0 Å². The van der Waals surface area contributed by atoms with Gasteiger partial charge in [-0.25, -0.2) is 9.98 Å². The van der Waals surface area contributed by atoms with Gasteiger partial charge < -0.3 is 19.9 Å². The molecule has 1 N–H and O–H groups in total. The Bertz CT molecular complexity index is 822. The summed E-state index contributed by atoms with van der Waals surface area (Å²) in [5.41, 5.74) is 2.17. The molecule has 9 heteroatoms. The van der Waals surface area contributed by atoms with Crippen molar-refractivity contribution in [3.8, 4) is 5.88 Å². The summed E-state index contributed by atoms with van der Waals surface area (Å²) in [5.74, 6) is 2.15. The lowest BCUT2D eigenvalue weighted by molar-refractivity contribution is 0.366. The first kappa shape index (κ1) is 20.3. The van der Waals surface area contributed by atoms with Crippen molar-refractivity contribution in [2.75, 3.05) is 44.7 Å². The normalized spacial score (nSPS) is 14.9. The summed E-state index contributed by atoms with van der Waals surface area (Å²) in [5, 5.41) is 3.39.